The Hall–Kier alpha value is -0.770. The van der Waals surface area contributed by atoms with E-state index in [4.69, 9.17) is 4.74 Å². The SMILES string of the molecule is CCCCCCCCC1(O)CC2CCCC(C1)N2C(=O)OC(C)(C)C. The van der Waals surface area contributed by atoms with Gasteiger partial charge in [0.05, 0.1) is 5.60 Å². The molecule has 0 aromatic rings. The summed E-state index contributed by atoms with van der Waals surface area (Å²) < 4.78 is 5.62. The molecule has 1 amide bonds. The second-order valence-electron chi connectivity index (χ2n) is 9.28. The first-order valence-electron chi connectivity index (χ1n) is 10.5. The molecule has 2 rings (SSSR count). The lowest BCUT2D eigenvalue weighted by molar-refractivity contribution is -0.0965. The highest BCUT2D eigenvalue weighted by Gasteiger charge is 2.47. The molecule has 0 saturated carbocycles. The van der Waals surface area contributed by atoms with Gasteiger partial charge in [-0.1, -0.05) is 45.4 Å². The number of hydrogen-bond donors (Lipinski definition) is 1. The van der Waals surface area contributed by atoms with Crippen molar-refractivity contribution in [3.05, 3.63) is 0 Å². The molecule has 2 unspecified atom stereocenters. The van der Waals surface area contributed by atoms with Gasteiger partial charge in [0.2, 0.25) is 0 Å². The highest BCUT2D eigenvalue weighted by molar-refractivity contribution is 5.69. The van der Waals surface area contributed by atoms with Crippen molar-refractivity contribution in [1.29, 1.82) is 0 Å². The van der Waals surface area contributed by atoms with Crippen molar-refractivity contribution in [2.24, 2.45) is 0 Å². The minimum absolute atomic E-state index is 0.146. The second kappa shape index (κ2) is 8.75. The van der Waals surface area contributed by atoms with Crippen molar-refractivity contribution >= 4 is 6.09 Å². The van der Waals surface area contributed by atoms with Gasteiger partial charge < -0.3 is 14.7 Å². The number of fused-ring (bicyclic) bond motifs is 2. The Morgan fingerprint density at radius 2 is 1.64 bits per heavy atom. The predicted molar refractivity (Wildman–Crippen MR) is 102 cm³/mol. The van der Waals surface area contributed by atoms with E-state index in [1.807, 2.05) is 25.7 Å². The average Bonchev–Trinajstić information content (AvgIpc) is 2.48. The van der Waals surface area contributed by atoms with Crippen molar-refractivity contribution in [2.75, 3.05) is 0 Å². The number of carbonyl (C=O) groups is 1. The number of carbonyl (C=O) groups excluding carboxylic acids is 1. The summed E-state index contributed by atoms with van der Waals surface area (Å²) in [6.45, 7) is 7.98. The standard InChI is InChI=1S/C21H39NO3/c1-5-6-7-8-9-10-14-21(24)15-17-12-11-13-18(16-21)22(17)19(23)25-20(2,3)4/h17-18,24H,5-16H2,1-4H3. The smallest absolute Gasteiger partial charge is 0.410 e. The number of nitrogens with zero attached hydrogens (tertiary/aromatic N) is 1. The minimum Gasteiger partial charge on any atom is -0.444 e. The van der Waals surface area contributed by atoms with E-state index in [1.165, 1.54) is 32.1 Å². The zero-order valence-corrected chi connectivity index (χ0v) is 16.9. The summed E-state index contributed by atoms with van der Waals surface area (Å²) in [4.78, 5) is 14.6. The van der Waals surface area contributed by atoms with Crippen LogP contribution in [0.4, 0.5) is 4.79 Å². The molecule has 0 aromatic carbocycles. The quantitative estimate of drug-likeness (QED) is 0.622. The van der Waals surface area contributed by atoms with Crippen LogP contribution in [0.25, 0.3) is 0 Å². The fourth-order valence-electron chi connectivity index (χ4n) is 4.58. The van der Waals surface area contributed by atoms with Crippen molar-refractivity contribution < 1.29 is 14.6 Å². The van der Waals surface area contributed by atoms with Crippen LogP contribution in [0.5, 0.6) is 0 Å². The van der Waals surface area contributed by atoms with E-state index < -0.39 is 11.2 Å². The fraction of sp³-hybridized carbons (Fsp3) is 0.952. The number of hydrogen-bond acceptors (Lipinski definition) is 3. The van der Waals surface area contributed by atoms with Crippen LogP contribution >= 0.6 is 0 Å². The van der Waals surface area contributed by atoms with Crippen LogP contribution in [0.2, 0.25) is 0 Å². The minimum atomic E-state index is -0.584. The van der Waals surface area contributed by atoms with Crippen LogP contribution in [-0.2, 0) is 4.74 Å². The molecule has 4 nitrogen and oxygen atoms in total. The zero-order valence-electron chi connectivity index (χ0n) is 16.9. The van der Waals surface area contributed by atoms with Gasteiger partial charge in [0.25, 0.3) is 0 Å². The van der Waals surface area contributed by atoms with Gasteiger partial charge in [0, 0.05) is 12.1 Å². The van der Waals surface area contributed by atoms with Gasteiger partial charge in [-0.25, -0.2) is 4.79 Å². The van der Waals surface area contributed by atoms with E-state index in [0.29, 0.717) is 0 Å². The van der Waals surface area contributed by atoms with Gasteiger partial charge in [-0.05, 0) is 59.3 Å². The third kappa shape index (κ3) is 6.16. The molecule has 25 heavy (non-hydrogen) atoms. The third-order valence-corrected chi connectivity index (χ3v) is 5.69. The summed E-state index contributed by atoms with van der Waals surface area (Å²) in [5, 5.41) is 11.1. The fourth-order valence-corrected chi connectivity index (χ4v) is 4.58. The van der Waals surface area contributed by atoms with Crippen LogP contribution in [-0.4, -0.2) is 39.4 Å². The number of piperidine rings is 2. The maximum atomic E-state index is 12.6. The Kier molecular flexibility index (Phi) is 7.19. The first-order chi connectivity index (χ1) is 11.7. The number of aliphatic hydroxyl groups is 1. The molecule has 2 aliphatic heterocycles. The van der Waals surface area contributed by atoms with Crippen molar-refractivity contribution in [1.82, 2.24) is 4.90 Å². The van der Waals surface area contributed by atoms with Crippen molar-refractivity contribution in [2.45, 2.75) is 128 Å². The molecule has 1 N–H and O–H groups in total. The lowest BCUT2D eigenvalue weighted by Gasteiger charge is -2.51. The molecule has 0 spiro atoms. The molecule has 2 fully saturated rings. The van der Waals surface area contributed by atoms with E-state index >= 15 is 0 Å². The summed E-state index contributed by atoms with van der Waals surface area (Å²) in [7, 11) is 0. The van der Waals surface area contributed by atoms with Crippen LogP contribution in [0, 0.1) is 0 Å². The molecule has 2 saturated heterocycles. The van der Waals surface area contributed by atoms with Gasteiger partial charge in [0.15, 0.2) is 0 Å². The van der Waals surface area contributed by atoms with E-state index in [1.54, 1.807) is 0 Å². The first-order valence-corrected chi connectivity index (χ1v) is 10.5. The highest BCUT2D eigenvalue weighted by atomic mass is 16.6. The predicted octanol–water partition coefficient (Wildman–Crippen LogP) is 5.42. The summed E-state index contributed by atoms with van der Waals surface area (Å²) in [6.07, 6.45) is 12.8. The molecule has 0 aliphatic carbocycles. The van der Waals surface area contributed by atoms with Gasteiger partial charge >= 0.3 is 6.09 Å². The van der Waals surface area contributed by atoms with Gasteiger partial charge in [-0.3, -0.25) is 0 Å². The first kappa shape index (κ1) is 20.5. The van der Waals surface area contributed by atoms with Crippen molar-refractivity contribution in [3.63, 3.8) is 0 Å². The lowest BCUT2D eigenvalue weighted by atomic mass is 9.73. The second-order valence-corrected chi connectivity index (χ2v) is 9.28. The molecule has 2 aliphatic rings. The number of rotatable bonds is 7. The van der Waals surface area contributed by atoms with Gasteiger partial charge in [0.1, 0.15) is 5.60 Å². The third-order valence-electron chi connectivity index (χ3n) is 5.69. The van der Waals surface area contributed by atoms with Crippen LogP contribution in [0.15, 0.2) is 0 Å². The van der Waals surface area contributed by atoms with E-state index in [2.05, 4.69) is 6.92 Å². The summed E-state index contributed by atoms with van der Waals surface area (Å²) in [6, 6.07) is 0.292. The van der Waals surface area contributed by atoms with E-state index in [9.17, 15) is 9.90 Å². The number of amides is 1. The largest absolute Gasteiger partial charge is 0.444 e. The zero-order chi connectivity index (χ0) is 18.5. The molecule has 2 heterocycles. The van der Waals surface area contributed by atoms with Gasteiger partial charge in [-0.2, -0.15) is 0 Å². The normalized spacial score (nSPS) is 29.6. The van der Waals surface area contributed by atoms with E-state index in [0.717, 1.165) is 44.9 Å². The maximum Gasteiger partial charge on any atom is 0.410 e. The lowest BCUT2D eigenvalue weighted by Crippen LogP contribution is -2.60. The van der Waals surface area contributed by atoms with Gasteiger partial charge in [-0.15, -0.1) is 0 Å². The molecule has 2 atom stereocenters. The van der Waals surface area contributed by atoms with Crippen molar-refractivity contribution in [3.8, 4) is 0 Å². The Bertz CT molecular complexity index is 415. The van der Waals surface area contributed by atoms with E-state index in [-0.39, 0.29) is 18.2 Å². The van der Waals surface area contributed by atoms with Crippen LogP contribution < -0.4 is 0 Å². The Balaban J connectivity index is 1.88. The molecule has 2 bridgehead atoms. The monoisotopic (exact) mass is 353 g/mol. The number of ether oxygens (including phenoxy) is 1. The van der Waals surface area contributed by atoms with Crippen LogP contribution in [0.3, 0.4) is 0 Å². The van der Waals surface area contributed by atoms with Crippen LogP contribution in [0.1, 0.15) is 105 Å². The molecule has 4 heteroatoms. The average molecular weight is 354 g/mol. The summed E-state index contributed by atoms with van der Waals surface area (Å²) in [5.41, 5.74) is -1.04. The maximum absolute atomic E-state index is 12.6. The molecule has 0 radical (unpaired) electrons. The Morgan fingerprint density at radius 1 is 1.08 bits per heavy atom. The topological polar surface area (TPSA) is 49.8 Å². The summed E-state index contributed by atoms with van der Waals surface area (Å²) in [5.74, 6) is 0. The molecule has 146 valence electrons. The Morgan fingerprint density at radius 3 is 2.20 bits per heavy atom. The summed E-state index contributed by atoms with van der Waals surface area (Å²) >= 11 is 0. The molecular weight excluding hydrogens is 314 g/mol. The Labute approximate surface area is 154 Å². The highest BCUT2D eigenvalue weighted by Crippen LogP contribution is 2.42. The molecule has 0 aromatic heterocycles. The molecular formula is C21H39NO3. The number of unbranched alkanes of at least 4 members (excludes halogenated alkanes) is 5.